The van der Waals surface area contributed by atoms with Gasteiger partial charge in [0, 0.05) is 19.3 Å². The van der Waals surface area contributed by atoms with Crippen LogP contribution in [0.15, 0.2) is 36.4 Å². The number of halogens is 4. The number of carbonyl (C=O) groups excluding carboxylic acids is 2. The second-order valence-electron chi connectivity index (χ2n) is 7.37. The lowest BCUT2D eigenvalue weighted by Crippen LogP contribution is -2.58. The van der Waals surface area contributed by atoms with E-state index in [2.05, 4.69) is 10.3 Å². The van der Waals surface area contributed by atoms with Crippen molar-refractivity contribution in [3.63, 3.8) is 0 Å². The smallest absolute Gasteiger partial charge is 0.417 e. The number of imide groups is 1. The van der Waals surface area contributed by atoms with E-state index in [4.69, 9.17) is 11.6 Å². The summed E-state index contributed by atoms with van der Waals surface area (Å²) in [4.78, 5) is 39.3. The lowest BCUT2D eigenvalue weighted by Gasteiger charge is -2.37. The highest BCUT2D eigenvalue weighted by atomic mass is 35.5. The Morgan fingerprint density at radius 1 is 1.24 bits per heavy atom. The van der Waals surface area contributed by atoms with Crippen LogP contribution in [0.5, 0.6) is 0 Å². The minimum absolute atomic E-state index is 0.149. The highest BCUT2D eigenvalue weighted by molar-refractivity contribution is 6.32. The monoisotopic (exact) mass is 481 g/mol. The third kappa shape index (κ3) is 3.97. The van der Waals surface area contributed by atoms with Crippen LogP contribution in [-0.4, -0.2) is 49.5 Å². The maximum atomic E-state index is 13.2. The number of amides is 3. The van der Waals surface area contributed by atoms with Crippen LogP contribution in [0.4, 0.5) is 23.7 Å². The Hall–Kier alpha value is -3.67. The van der Waals surface area contributed by atoms with E-state index < -0.39 is 53.7 Å². The molecule has 3 amide bonds. The fourth-order valence-corrected chi connectivity index (χ4v) is 3.89. The zero-order chi connectivity index (χ0) is 24.1. The zero-order valence-electron chi connectivity index (χ0n) is 16.9. The number of aryl methyl sites for hydroxylation is 1. The van der Waals surface area contributed by atoms with Gasteiger partial charge in [0.15, 0.2) is 5.92 Å². The quantitative estimate of drug-likeness (QED) is 0.573. The van der Waals surface area contributed by atoms with Gasteiger partial charge in [-0.1, -0.05) is 28.9 Å². The molecule has 1 aromatic heterocycles. The van der Waals surface area contributed by atoms with Crippen molar-refractivity contribution >= 4 is 46.2 Å². The Morgan fingerprint density at radius 3 is 2.64 bits per heavy atom. The zero-order valence-corrected chi connectivity index (χ0v) is 17.6. The second kappa shape index (κ2) is 8.03. The highest BCUT2D eigenvalue weighted by Gasteiger charge is 2.44. The Labute approximate surface area is 188 Å². The van der Waals surface area contributed by atoms with Crippen molar-refractivity contribution < 1.29 is 32.7 Å². The predicted molar refractivity (Wildman–Crippen MR) is 109 cm³/mol. The second-order valence-corrected chi connectivity index (χ2v) is 7.75. The molecule has 0 aliphatic carbocycles. The summed E-state index contributed by atoms with van der Waals surface area (Å²) in [6.45, 7) is -1.08. The summed E-state index contributed by atoms with van der Waals surface area (Å²) in [6, 6.07) is 6.87. The van der Waals surface area contributed by atoms with Crippen molar-refractivity contribution in [1.82, 2.24) is 19.9 Å². The fraction of sp³-hybridized carbons (Fsp3) is 0.250. The molecule has 1 N–H and O–H groups in total. The van der Waals surface area contributed by atoms with Crippen LogP contribution in [-0.2, 0) is 29.4 Å². The number of carbonyl (C=O) groups is 3. The van der Waals surface area contributed by atoms with E-state index in [9.17, 15) is 32.7 Å². The first kappa shape index (κ1) is 22.5. The van der Waals surface area contributed by atoms with Gasteiger partial charge in [0.05, 0.1) is 22.6 Å². The molecule has 0 saturated carbocycles. The Morgan fingerprint density at radius 2 is 1.97 bits per heavy atom. The molecule has 2 aromatic carbocycles. The average Bonchev–Trinajstić information content (AvgIpc) is 3.11. The largest absolute Gasteiger partial charge is 0.481 e. The summed E-state index contributed by atoms with van der Waals surface area (Å²) in [7, 11) is 1.67. The van der Waals surface area contributed by atoms with Crippen LogP contribution in [0.1, 0.15) is 11.1 Å². The number of hydrogen-bond donors (Lipinski definition) is 1. The molecule has 1 aliphatic rings. The molecule has 3 aromatic rings. The van der Waals surface area contributed by atoms with Crippen molar-refractivity contribution in [1.29, 1.82) is 0 Å². The van der Waals surface area contributed by atoms with E-state index in [0.717, 1.165) is 17.0 Å². The van der Waals surface area contributed by atoms with Gasteiger partial charge in [0.2, 0.25) is 5.91 Å². The summed E-state index contributed by atoms with van der Waals surface area (Å²) in [6.07, 6.45) is -4.75. The average molecular weight is 482 g/mol. The standard InChI is InChI=1S/C20H15ClF3N5O4/c1-27-15-6-5-11(7-14(15)25-26-27)28-9-12(18(31)32)17(30)29(19(28)33)8-10-3-2-4-13(16(10)21)20(22,23)24/h2-7,12H,8-9H2,1H3,(H,31,32). The number of rotatable bonds is 4. The summed E-state index contributed by atoms with van der Waals surface area (Å²) in [5.41, 5.74) is 0.0643. The van der Waals surface area contributed by atoms with Gasteiger partial charge in [0.25, 0.3) is 0 Å². The molecule has 13 heteroatoms. The maximum Gasteiger partial charge on any atom is 0.417 e. The first-order valence-electron chi connectivity index (χ1n) is 9.48. The van der Waals surface area contributed by atoms with Gasteiger partial charge >= 0.3 is 18.2 Å². The van der Waals surface area contributed by atoms with E-state index >= 15 is 0 Å². The molecule has 0 radical (unpaired) electrons. The minimum atomic E-state index is -4.75. The van der Waals surface area contributed by atoms with Crippen molar-refractivity contribution in [2.45, 2.75) is 12.7 Å². The van der Waals surface area contributed by atoms with E-state index in [1.54, 1.807) is 13.1 Å². The molecule has 1 fully saturated rings. The molecule has 4 rings (SSSR count). The first-order chi connectivity index (χ1) is 15.5. The summed E-state index contributed by atoms with van der Waals surface area (Å²) in [5, 5.41) is 16.7. The highest BCUT2D eigenvalue weighted by Crippen LogP contribution is 2.37. The van der Waals surface area contributed by atoms with Gasteiger partial charge in [-0.05, 0) is 29.8 Å². The minimum Gasteiger partial charge on any atom is -0.481 e. The van der Waals surface area contributed by atoms with Gasteiger partial charge < -0.3 is 5.11 Å². The number of aromatic nitrogens is 3. The predicted octanol–water partition coefficient (Wildman–Crippen LogP) is 3.31. The Balaban J connectivity index is 1.73. The molecule has 172 valence electrons. The van der Waals surface area contributed by atoms with Gasteiger partial charge in [-0.15, -0.1) is 5.10 Å². The molecular weight excluding hydrogens is 467 g/mol. The van der Waals surface area contributed by atoms with Crippen LogP contribution < -0.4 is 4.90 Å². The van der Waals surface area contributed by atoms with Crippen LogP contribution in [0.3, 0.4) is 0 Å². The van der Waals surface area contributed by atoms with Gasteiger partial charge in [0.1, 0.15) is 5.52 Å². The maximum absolute atomic E-state index is 13.2. The molecule has 0 spiro atoms. The number of alkyl halides is 3. The fourth-order valence-electron chi connectivity index (χ4n) is 3.60. The molecule has 33 heavy (non-hydrogen) atoms. The number of hydrogen-bond acceptors (Lipinski definition) is 5. The normalized spacial score (nSPS) is 17.2. The van der Waals surface area contributed by atoms with E-state index in [-0.39, 0.29) is 11.3 Å². The number of carboxylic acids is 1. The molecule has 1 aliphatic heterocycles. The lowest BCUT2D eigenvalue weighted by molar-refractivity contribution is -0.150. The lowest BCUT2D eigenvalue weighted by atomic mass is 10.0. The Bertz CT molecular complexity index is 1290. The first-order valence-corrected chi connectivity index (χ1v) is 9.86. The molecule has 0 bridgehead atoms. The molecule has 9 nitrogen and oxygen atoms in total. The summed E-state index contributed by atoms with van der Waals surface area (Å²) >= 11 is 5.91. The molecule has 1 atom stereocenters. The van der Waals surface area contributed by atoms with Crippen molar-refractivity contribution in [2.75, 3.05) is 11.4 Å². The van der Waals surface area contributed by atoms with Gasteiger partial charge in [-0.2, -0.15) is 13.2 Å². The van der Waals surface area contributed by atoms with Crippen molar-refractivity contribution in [3.05, 3.63) is 52.5 Å². The van der Waals surface area contributed by atoms with Gasteiger partial charge in [-0.3, -0.25) is 19.4 Å². The van der Waals surface area contributed by atoms with Gasteiger partial charge in [-0.25, -0.2) is 9.48 Å². The number of nitrogens with zero attached hydrogens (tertiary/aromatic N) is 5. The van der Waals surface area contributed by atoms with Crippen molar-refractivity contribution in [3.8, 4) is 0 Å². The SMILES string of the molecule is Cn1nnc2cc(N3CC(C(=O)O)C(=O)N(Cc4cccc(C(F)(F)F)c4Cl)C3=O)ccc21. The van der Waals surface area contributed by atoms with Crippen molar-refractivity contribution in [2.24, 2.45) is 13.0 Å². The summed E-state index contributed by atoms with van der Waals surface area (Å²) < 4.78 is 41.1. The van der Waals surface area contributed by atoms with Crippen LogP contribution >= 0.6 is 11.6 Å². The van der Waals surface area contributed by atoms with E-state index in [1.165, 1.54) is 22.9 Å². The molecule has 1 saturated heterocycles. The van der Waals surface area contributed by atoms with Crippen LogP contribution in [0.25, 0.3) is 11.0 Å². The number of benzene rings is 2. The molecule has 2 heterocycles. The number of carboxylic acid groups (broad SMARTS) is 1. The number of aliphatic carboxylic acids is 1. The molecular formula is C20H15ClF3N5O4. The third-order valence-electron chi connectivity index (χ3n) is 5.31. The third-order valence-corrected chi connectivity index (χ3v) is 5.75. The van der Waals surface area contributed by atoms with E-state index in [1.807, 2.05) is 0 Å². The molecule has 1 unspecified atom stereocenters. The Kier molecular flexibility index (Phi) is 5.48. The van der Waals surface area contributed by atoms with E-state index in [0.29, 0.717) is 15.9 Å². The van der Waals surface area contributed by atoms with Crippen LogP contribution in [0, 0.1) is 5.92 Å². The number of anilines is 1. The number of fused-ring (bicyclic) bond motifs is 1. The topological polar surface area (TPSA) is 109 Å². The summed E-state index contributed by atoms with van der Waals surface area (Å²) in [5.74, 6) is -4.14. The van der Waals surface area contributed by atoms with Crippen LogP contribution in [0.2, 0.25) is 5.02 Å². The number of urea groups is 1.